The molecular formula is C12H12BrNO3S. The second-order valence-electron chi connectivity index (χ2n) is 4.81. The molecular weight excluding hydrogens is 318 g/mol. The molecule has 0 bridgehead atoms. The lowest BCUT2D eigenvalue weighted by molar-refractivity contribution is -0.142. The minimum Gasteiger partial charge on any atom is -0.481 e. The number of carboxylic acid groups (broad SMARTS) is 1. The Morgan fingerprint density at radius 3 is 2.72 bits per heavy atom. The SMILES string of the molecule is O=C(O)C1CC(=O)N(C2CC2)C1c1csc(Br)c1. The minimum absolute atomic E-state index is 0.0165. The van der Waals surface area contributed by atoms with E-state index in [0.29, 0.717) is 0 Å². The lowest BCUT2D eigenvalue weighted by Gasteiger charge is -2.26. The Hall–Kier alpha value is -0.880. The third-order valence-electron chi connectivity index (χ3n) is 3.55. The molecule has 1 saturated heterocycles. The highest BCUT2D eigenvalue weighted by Gasteiger charge is 2.50. The molecule has 2 heterocycles. The van der Waals surface area contributed by atoms with Gasteiger partial charge in [0.2, 0.25) is 5.91 Å². The van der Waals surface area contributed by atoms with E-state index in [0.717, 1.165) is 22.2 Å². The molecule has 18 heavy (non-hydrogen) atoms. The molecule has 2 atom stereocenters. The van der Waals surface area contributed by atoms with Gasteiger partial charge in [-0.15, -0.1) is 11.3 Å². The molecule has 2 fully saturated rings. The van der Waals surface area contributed by atoms with Crippen LogP contribution in [0.15, 0.2) is 15.2 Å². The normalized spacial score (nSPS) is 27.8. The van der Waals surface area contributed by atoms with Crippen LogP contribution < -0.4 is 0 Å². The van der Waals surface area contributed by atoms with Crippen LogP contribution in [0.3, 0.4) is 0 Å². The van der Waals surface area contributed by atoms with E-state index in [1.807, 2.05) is 11.4 Å². The first-order valence-corrected chi connectivity index (χ1v) is 7.53. The maximum Gasteiger partial charge on any atom is 0.309 e. The van der Waals surface area contributed by atoms with Crippen LogP contribution in [-0.4, -0.2) is 27.9 Å². The summed E-state index contributed by atoms with van der Waals surface area (Å²) in [6, 6.07) is 1.90. The minimum atomic E-state index is -0.876. The van der Waals surface area contributed by atoms with Crippen molar-refractivity contribution in [2.24, 2.45) is 5.92 Å². The van der Waals surface area contributed by atoms with Crippen molar-refractivity contribution in [1.82, 2.24) is 4.90 Å². The summed E-state index contributed by atoms with van der Waals surface area (Å²) in [5.41, 5.74) is 0.942. The smallest absolute Gasteiger partial charge is 0.309 e. The van der Waals surface area contributed by atoms with Crippen molar-refractivity contribution in [2.75, 3.05) is 0 Å². The number of hydrogen-bond acceptors (Lipinski definition) is 3. The van der Waals surface area contributed by atoms with Crippen LogP contribution in [0, 0.1) is 5.92 Å². The molecule has 0 aromatic carbocycles. The van der Waals surface area contributed by atoms with E-state index < -0.39 is 11.9 Å². The van der Waals surface area contributed by atoms with Crippen molar-refractivity contribution in [3.05, 3.63) is 20.8 Å². The molecule has 2 aliphatic rings. The van der Waals surface area contributed by atoms with Crippen molar-refractivity contribution in [3.8, 4) is 0 Å². The van der Waals surface area contributed by atoms with E-state index in [9.17, 15) is 14.7 Å². The number of rotatable bonds is 3. The molecule has 2 unspecified atom stereocenters. The van der Waals surface area contributed by atoms with Crippen LogP contribution in [0.25, 0.3) is 0 Å². The lowest BCUT2D eigenvalue weighted by atomic mass is 9.96. The fraction of sp³-hybridized carbons (Fsp3) is 0.500. The third-order valence-corrected chi connectivity index (χ3v) is 5.07. The molecule has 6 heteroatoms. The number of carbonyl (C=O) groups excluding carboxylic acids is 1. The van der Waals surface area contributed by atoms with Crippen molar-refractivity contribution >= 4 is 39.1 Å². The van der Waals surface area contributed by atoms with Gasteiger partial charge in [0.25, 0.3) is 0 Å². The maximum atomic E-state index is 12.0. The Labute approximate surface area is 117 Å². The Morgan fingerprint density at radius 1 is 1.50 bits per heavy atom. The van der Waals surface area contributed by atoms with Gasteiger partial charge in [0.1, 0.15) is 0 Å². The summed E-state index contributed by atoms with van der Waals surface area (Å²) < 4.78 is 0.969. The third kappa shape index (κ3) is 1.97. The summed E-state index contributed by atoms with van der Waals surface area (Å²) in [5, 5.41) is 11.2. The maximum absolute atomic E-state index is 12.0. The Morgan fingerprint density at radius 2 is 2.22 bits per heavy atom. The fourth-order valence-electron chi connectivity index (χ4n) is 2.63. The molecule has 3 rings (SSSR count). The van der Waals surface area contributed by atoms with Gasteiger partial charge in [-0.1, -0.05) is 0 Å². The van der Waals surface area contributed by atoms with Crippen molar-refractivity contribution in [2.45, 2.75) is 31.3 Å². The first-order valence-electron chi connectivity index (χ1n) is 5.86. The van der Waals surface area contributed by atoms with Crippen LogP contribution in [-0.2, 0) is 9.59 Å². The largest absolute Gasteiger partial charge is 0.481 e. The summed E-state index contributed by atoms with van der Waals surface area (Å²) in [6.07, 6.45) is 2.13. The second-order valence-corrected chi connectivity index (χ2v) is 7.10. The number of carbonyl (C=O) groups is 2. The first-order chi connectivity index (χ1) is 8.58. The summed E-state index contributed by atoms with van der Waals surface area (Å²) in [7, 11) is 0. The zero-order valence-electron chi connectivity index (χ0n) is 9.51. The van der Waals surface area contributed by atoms with Crippen molar-refractivity contribution in [1.29, 1.82) is 0 Å². The van der Waals surface area contributed by atoms with Gasteiger partial charge in [-0.2, -0.15) is 0 Å². The molecule has 0 radical (unpaired) electrons. The molecule has 0 spiro atoms. The summed E-state index contributed by atoms with van der Waals surface area (Å²) in [4.78, 5) is 25.2. The number of amides is 1. The summed E-state index contributed by atoms with van der Waals surface area (Å²) in [5.74, 6) is -1.50. The zero-order chi connectivity index (χ0) is 12.9. The summed E-state index contributed by atoms with van der Waals surface area (Å²) >= 11 is 4.92. The van der Waals surface area contributed by atoms with Crippen LogP contribution in [0.5, 0.6) is 0 Å². The molecule has 96 valence electrons. The quantitative estimate of drug-likeness (QED) is 0.927. The number of likely N-dealkylation sites (tertiary alicyclic amines) is 1. The highest BCUT2D eigenvalue weighted by atomic mass is 79.9. The number of aliphatic carboxylic acids is 1. The monoisotopic (exact) mass is 329 g/mol. The van der Waals surface area contributed by atoms with E-state index in [2.05, 4.69) is 15.9 Å². The molecule has 1 saturated carbocycles. The number of hydrogen-bond donors (Lipinski definition) is 1. The van der Waals surface area contributed by atoms with Crippen LogP contribution >= 0.6 is 27.3 Å². The zero-order valence-corrected chi connectivity index (χ0v) is 11.9. The molecule has 4 nitrogen and oxygen atoms in total. The molecule has 1 aliphatic carbocycles. The summed E-state index contributed by atoms with van der Waals surface area (Å²) in [6.45, 7) is 0. The number of carboxylic acids is 1. The molecule has 1 N–H and O–H groups in total. The Bertz CT molecular complexity index is 511. The van der Waals surface area contributed by atoms with E-state index in [1.165, 1.54) is 11.3 Å². The van der Waals surface area contributed by atoms with Crippen molar-refractivity contribution in [3.63, 3.8) is 0 Å². The standard InChI is InChI=1S/C12H12BrNO3S/c13-9-3-6(5-18-9)11-8(12(16)17)4-10(15)14(11)7-1-2-7/h3,5,7-8,11H,1-2,4H2,(H,16,17). The Kier molecular flexibility index (Phi) is 2.94. The number of nitrogens with zero attached hydrogens (tertiary/aromatic N) is 1. The number of halogens is 1. The van der Waals surface area contributed by atoms with Gasteiger partial charge in [0.05, 0.1) is 15.7 Å². The van der Waals surface area contributed by atoms with Crippen LogP contribution in [0.1, 0.15) is 30.9 Å². The second kappa shape index (κ2) is 4.35. The number of thiophene rings is 1. The van der Waals surface area contributed by atoms with Gasteiger partial charge in [-0.25, -0.2) is 0 Å². The highest BCUT2D eigenvalue weighted by Crippen LogP contribution is 2.46. The van der Waals surface area contributed by atoms with Gasteiger partial charge in [0, 0.05) is 12.5 Å². The molecule has 1 amide bonds. The molecule has 1 aromatic heterocycles. The van der Waals surface area contributed by atoms with E-state index in [1.54, 1.807) is 4.90 Å². The fourth-order valence-corrected chi connectivity index (χ4v) is 3.84. The van der Waals surface area contributed by atoms with Gasteiger partial charge in [-0.05, 0) is 45.8 Å². The van der Waals surface area contributed by atoms with E-state index in [-0.39, 0.29) is 24.4 Å². The lowest BCUT2D eigenvalue weighted by Crippen LogP contribution is -2.32. The van der Waals surface area contributed by atoms with Crippen molar-refractivity contribution < 1.29 is 14.7 Å². The predicted molar refractivity (Wildman–Crippen MR) is 70.4 cm³/mol. The topological polar surface area (TPSA) is 57.6 Å². The van der Waals surface area contributed by atoms with Gasteiger partial charge in [0.15, 0.2) is 0 Å². The van der Waals surface area contributed by atoms with E-state index >= 15 is 0 Å². The highest BCUT2D eigenvalue weighted by molar-refractivity contribution is 9.11. The van der Waals surface area contributed by atoms with Gasteiger partial charge in [-0.3, -0.25) is 9.59 Å². The predicted octanol–water partition coefficient (Wildman–Crippen LogP) is 2.65. The van der Waals surface area contributed by atoms with Crippen LogP contribution in [0.4, 0.5) is 0 Å². The average molecular weight is 330 g/mol. The Balaban J connectivity index is 1.98. The van der Waals surface area contributed by atoms with Gasteiger partial charge >= 0.3 is 5.97 Å². The first kappa shape index (κ1) is 12.2. The van der Waals surface area contributed by atoms with E-state index in [4.69, 9.17) is 0 Å². The molecule has 1 aliphatic heterocycles. The molecule has 1 aromatic rings. The van der Waals surface area contributed by atoms with Gasteiger partial charge < -0.3 is 10.0 Å². The van der Waals surface area contributed by atoms with Crippen LogP contribution in [0.2, 0.25) is 0 Å². The average Bonchev–Trinajstić information content (AvgIpc) is 2.95.